The first-order chi connectivity index (χ1) is 12.0. The van der Waals surface area contributed by atoms with Crippen molar-refractivity contribution in [2.24, 2.45) is 5.92 Å². The third-order valence-corrected chi connectivity index (χ3v) is 5.15. The Bertz CT molecular complexity index is 616. The van der Waals surface area contributed by atoms with E-state index >= 15 is 0 Å². The van der Waals surface area contributed by atoms with Crippen LogP contribution in [0.1, 0.15) is 49.0 Å². The highest BCUT2D eigenvalue weighted by Crippen LogP contribution is 2.28. The maximum Gasteiger partial charge on any atom is 0.253 e. The Hall–Kier alpha value is -1.88. The van der Waals surface area contributed by atoms with Gasteiger partial charge in [0.05, 0.1) is 12.2 Å². The number of carbonyl (C=O) groups excluding carboxylic acids is 2. The maximum atomic E-state index is 12.7. The molecule has 2 amide bonds. The minimum atomic E-state index is -0.302. The fourth-order valence-electron chi connectivity index (χ4n) is 3.64. The minimum Gasteiger partial charge on any atom is -0.372 e. The van der Waals surface area contributed by atoms with Crippen molar-refractivity contribution in [1.29, 1.82) is 0 Å². The molecule has 1 aromatic rings. The van der Waals surface area contributed by atoms with Gasteiger partial charge in [0, 0.05) is 31.6 Å². The number of amides is 2. The average Bonchev–Trinajstić information content (AvgIpc) is 2.77. The van der Waals surface area contributed by atoms with Gasteiger partial charge in [-0.2, -0.15) is 0 Å². The fourth-order valence-corrected chi connectivity index (χ4v) is 3.64. The molecule has 0 radical (unpaired) electrons. The van der Waals surface area contributed by atoms with E-state index < -0.39 is 0 Å². The Kier molecular flexibility index (Phi) is 5.42. The zero-order chi connectivity index (χ0) is 17.9. The largest absolute Gasteiger partial charge is 0.372 e. The number of carbonyl (C=O) groups is 2. The maximum absolute atomic E-state index is 12.7. The molecule has 2 aliphatic rings. The van der Waals surface area contributed by atoms with Crippen LogP contribution in [-0.2, 0) is 16.0 Å². The summed E-state index contributed by atoms with van der Waals surface area (Å²) in [5, 5.41) is 2.94. The molecule has 0 atom stereocenters. The minimum absolute atomic E-state index is 0.0527. The number of piperidine rings is 1. The molecule has 1 N–H and O–H groups in total. The Balaban J connectivity index is 1.58. The lowest BCUT2D eigenvalue weighted by atomic mass is 9.90. The van der Waals surface area contributed by atoms with E-state index in [1.54, 1.807) is 0 Å². The Labute approximate surface area is 149 Å². The number of ether oxygens (including phenoxy) is 1. The number of hydrogen-bond donors (Lipinski definition) is 1. The Morgan fingerprint density at radius 3 is 2.56 bits per heavy atom. The molecule has 2 fully saturated rings. The highest BCUT2D eigenvalue weighted by Gasteiger charge is 2.38. The van der Waals surface area contributed by atoms with Crippen molar-refractivity contribution in [1.82, 2.24) is 10.2 Å². The second-order valence-electron chi connectivity index (χ2n) is 7.65. The molecule has 5 heteroatoms. The van der Waals surface area contributed by atoms with Crippen LogP contribution in [0.3, 0.4) is 0 Å². The first kappa shape index (κ1) is 17.9. The first-order valence-corrected chi connectivity index (χ1v) is 9.26. The predicted octanol–water partition coefficient (Wildman–Crippen LogP) is 2.40. The molecular formula is C20H28N2O3. The third-order valence-electron chi connectivity index (χ3n) is 5.15. The standard InChI is InChI=1S/C20H28N2O3/c1-15(2)13-16-3-5-17(6-4-16)19(24)22-10-8-20(9-11-22)14-21-18(23)7-12-25-20/h3-6,15H,7-14H2,1-2H3,(H,21,23). The lowest BCUT2D eigenvalue weighted by molar-refractivity contribution is -0.120. The van der Waals surface area contributed by atoms with Gasteiger partial charge in [-0.1, -0.05) is 26.0 Å². The summed E-state index contributed by atoms with van der Waals surface area (Å²) in [6, 6.07) is 7.99. The van der Waals surface area contributed by atoms with E-state index in [9.17, 15) is 9.59 Å². The average molecular weight is 344 g/mol. The fraction of sp³-hybridized carbons (Fsp3) is 0.600. The molecule has 25 heavy (non-hydrogen) atoms. The van der Waals surface area contributed by atoms with E-state index in [2.05, 4.69) is 31.3 Å². The molecule has 0 aliphatic carbocycles. The van der Waals surface area contributed by atoms with Gasteiger partial charge in [-0.3, -0.25) is 9.59 Å². The van der Waals surface area contributed by atoms with Crippen LogP contribution in [0, 0.1) is 5.92 Å². The zero-order valence-corrected chi connectivity index (χ0v) is 15.2. The second kappa shape index (κ2) is 7.56. The van der Waals surface area contributed by atoms with E-state index in [0.29, 0.717) is 38.6 Å². The predicted molar refractivity (Wildman–Crippen MR) is 96.4 cm³/mol. The van der Waals surface area contributed by atoms with Crippen LogP contribution >= 0.6 is 0 Å². The van der Waals surface area contributed by atoms with Crippen molar-refractivity contribution in [3.63, 3.8) is 0 Å². The van der Waals surface area contributed by atoms with Crippen molar-refractivity contribution >= 4 is 11.8 Å². The lowest BCUT2D eigenvalue weighted by Crippen LogP contribution is -2.52. The molecule has 136 valence electrons. The van der Waals surface area contributed by atoms with Gasteiger partial charge in [-0.15, -0.1) is 0 Å². The Morgan fingerprint density at radius 1 is 1.24 bits per heavy atom. The van der Waals surface area contributed by atoms with Crippen LogP contribution in [0.25, 0.3) is 0 Å². The molecular weight excluding hydrogens is 316 g/mol. The van der Waals surface area contributed by atoms with E-state index in [4.69, 9.17) is 4.74 Å². The molecule has 1 aromatic carbocycles. The molecule has 2 aliphatic heterocycles. The number of rotatable bonds is 3. The SMILES string of the molecule is CC(C)Cc1ccc(C(=O)N2CCC3(CC2)CNC(=O)CCO3)cc1. The highest BCUT2D eigenvalue weighted by atomic mass is 16.5. The molecule has 0 bridgehead atoms. The van der Waals surface area contributed by atoms with Crippen LogP contribution in [0.2, 0.25) is 0 Å². The molecule has 0 saturated carbocycles. The number of nitrogens with zero attached hydrogens (tertiary/aromatic N) is 1. The van der Waals surface area contributed by atoms with Gasteiger partial charge in [0.2, 0.25) is 5.91 Å². The Morgan fingerprint density at radius 2 is 1.92 bits per heavy atom. The van der Waals surface area contributed by atoms with Crippen molar-refractivity contribution in [2.45, 2.75) is 45.1 Å². The van der Waals surface area contributed by atoms with Gasteiger partial charge in [0.15, 0.2) is 0 Å². The summed E-state index contributed by atoms with van der Waals surface area (Å²) in [6.45, 7) is 6.75. The van der Waals surface area contributed by atoms with Crippen LogP contribution in [0.15, 0.2) is 24.3 Å². The number of likely N-dealkylation sites (tertiary alicyclic amines) is 1. The summed E-state index contributed by atoms with van der Waals surface area (Å²) < 4.78 is 5.97. The second-order valence-corrected chi connectivity index (χ2v) is 7.65. The summed E-state index contributed by atoms with van der Waals surface area (Å²) in [5.74, 6) is 0.750. The molecule has 0 aromatic heterocycles. The smallest absolute Gasteiger partial charge is 0.253 e. The summed E-state index contributed by atoms with van der Waals surface area (Å²) in [5.41, 5.74) is 1.72. The quantitative estimate of drug-likeness (QED) is 0.916. The van der Waals surface area contributed by atoms with E-state index in [-0.39, 0.29) is 17.4 Å². The summed E-state index contributed by atoms with van der Waals surface area (Å²) in [4.78, 5) is 26.1. The van der Waals surface area contributed by atoms with Gasteiger partial charge in [0.1, 0.15) is 0 Å². The normalized spacial score (nSPS) is 20.4. The highest BCUT2D eigenvalue weighted by molar-refractivity contribution is 5.94. The van der Waals surface area contributed by atoms with Gasteiger partial charge in [-0.25, -0.2) is 0 Å². The molecule has 2 saturated heterocycles. The molecule has 1 spiro atoms. The van der Waals surface area contributed by atoms with Crippen LogP contribution in [0.4, 0.5) is 0 Å². The van der Waals surface area contributed by atoms with Crippen molar-refractivity contribution in [3.05, 3.63) is 35.4 Å². The van der Waals surface area contributed by atoms with E-state index in [0.717, 1.165) is 24.8 Å². The van der Waals surface area contributed by atoms with Crippen molar-refractivity contribution in [3.8, 4) is 0 Å². The molecule has 5 nitrogen and oxygen atoms in total. The molecule has 3 rings (SSSR count). The zero-order valence-electron chi connectivity index (χ0n) is 15.2. The first-order valence-electron chi connectivity index (χ1n) is 9.26. The number of benzene rings is 1. The summed E-state index contributed by atoms with van der Waals surface area (Å²) >= 11 is 0. The van der Waals surface area contributed by atoms with E-state index in [1.165, 1.54) is 5.56 Å². The molecule has 0 unspecified atom stereocenters. The van der Waals surface area contributed by atoms with Crippen LogP contribution < -0.4 is 5.32 Å². The topological polar surface area (TPSA) is 58.6 Å². The van der Waals surface area contributed by atoms with Gasteiger partial charge in [0.25, 0.3) is 5.91 Å². The van der Waals surface area contributed by atoms with Gasteiger partial charge < -0.3 is 15.0 Å². The van der Waals surface area contributed by atoms with Crippen LogP contribution in [0.5, 0.6) is 0 Å². The van der Waals surface area contributed by atoms with Gasteiger partial charge in [-0.05, 0) is 42.9 Å². The van der Waals surface area contributed by atoms with Gasteiger partial charge >= 0.3 is 0 Å². The number of hydrogen-bond acceptors (Lipinski definition) is 3. The van der Waals surface area contributed by atoms with Crippen LogP contribution in [-0.4, -0.2) is 48.6 Å². The number of nitrogens with one attached hydrogen (secondary N) is 1. The monoisotopic (exact) mass is 344 g/mol. The van der Waals surface area contributed by atoms with E-state index in [1.807, 2.05) is 17.0 Å². The summed E-state index contributed by atoms with van der Waals surface area (Å²) in [6.07, 6.45) is 2.99. The lowest BCUT2D eigenvalue weighted by Gasteiger charge is -2.40. The molecule has 2 heterocycles. The summed E-state index contributed by atoms with van der Waals surface area (Å²) in [7, 11) is 0. The third kappa shape index (κ3) is 4.40. The van der Waals surface area contributed by atoms with Crippen molar-refractivity contribution in [2.75, 3.05) is 26.2 Å². The van der Waals surface area contributed by atoms with Crippen molar-refractivity contribution < 1.29 is 14.3 Å².